The lowest BCUT2D eigenvalue weighted by Gasteiger charge is -2.23. The van der Waals surface area contributed by atoms with Crippen LogP contribution in [0, 0.1) is 17.8 Å². The average molecular weight is 337 g/mol. The van der Waals surface area contributed by atoms with Gasteiger partial charge in [-0.05, 0) is 31.1 Å². The molecule has 1 aliphatic carbocycles. The Labute approximate surface area is 145 Å². The number of hydrogen-bond donors (Lipinski definition) is 1. The van der Waals surface area contributed by atoms with E-state index in [1.54, 1.807) is 0 Å². The smallest absolute Gasteiger partial charge is 0.328 e. The van der Waals surface area contributed by atoms with Crippen molar-refractivity contribution in [1.29, 1.82) is 0 Å². The molecule has 0 radical (unpaired) electrons. The van der Waals surface area contributed by atoms with E-state index in [0.29, 0.717) is 19.3 Å². The third kappa shape index (κ3) is 5.77. The molecule has 0 bridgehead atoms. The minimum absolute atomic E-state index is 0.00916. The highest BCUT2D eigenvalue weighted by Gasteiger charge is 2.36. The Bertz CT molecular complexity index is 472. The van der Waals surface area contributed by atoms with Crippen LogP contribution in [0.2, 0.25) is 0 Å². The van der Waals surface area contributed by atoms with Crippen molar-refractivity contribution in [1.82, 2.24) is 5.32 Å². The highest BCUT2D eigenvalue weighted by atomic mass is 16.5. The van der Waals surface area contributed by atoms with Gasteiger partial charge in [-0.25, -0.2) is 4.79 Å². The molecule has 1 N–H and O–H groups in total. The molecule has 0 saturated heterocycles. The van der Waals surface area contributed by atoms with E-state index in [1.807, 2.05) is 19.9 Å². The van der Waals surface area contributed by atoms with Crippen molar-refractivity contribution >= 4 is 17.7 Å². The van der Waals surface area contributed by atoms with Gasteiger partial charge < -0.3 is 10.1 Å². The van der Waals surface area contributed by atoms with Crippen LogP contribution in [-0.4, -0.2) is 30.8 Å². The maximum atomic E-state index is 12.4. The zero-order valence-corrected chi connectivity index (χ0v) is 15.3. The molecule has 24 heavy (non-hydrogen) atoms. The Morgan fingerprint density at radius 1 is 1.33 bits per heavy atom. The number of rotatable bonds is 9. The van der Waals surface area contributed by atoms with Gasteiger partial charge in [-0.2, -0.15) is 0 Å². The van der Waals surface area contributed by atoms with Crippen LogP contribution in [0.25, 0.3) is 0 Å². The number of hydrogen-bond acceptors (Lipinski definition) is 4. The van der Waals surface area contributed by atoms with Gasteiger partial charge in [-0.15, -0.1) is 0 Å². The number of carbonyl (C=O) groups excluding carboxylic acids is 3. The van der Waals surface area contributed by atoms with Gasteiger partial charge in [-0.1, -0.05) is 39.3 Å². The molecule has 0 unspecified atom stereocenters. The molecule has 1 amide bonds. The number of ketones is 1. The number of nitrogens with one attached hydrogen (secondary N) is 1. The molecule has 5 heteroatoms. The first-order valence-corrected chi connectivity index (χ1v) is 8.99. The van der Waals surface area contributed by atoms with E-state index in [-0.39, 0.29) is 29.4 Å². The van der Waals surface area contributed by atoms with Crippen LogP contribution in [0.1, 0.15) is 59.3 Å². The molecule has 1 aliphatic rings. The van der Waals surface area contributed by atoms with E-state index in [4.69, 9.17) is 4.74 Å². The summed E-state index contributed by atoms with van der Waals surface area (Å²) < 4.78 is 4.79. The Hall–Kier alpha value is -1.65. The van der Waals surface area contributed by atoms with Gasteiger partial charge in [0, 0.05) is 18.8 Å². The maximum absolute atomic E-state index is 12.4. The van der Waals surface area contributed by atoms with Crippen molar-refractivity contribution in [2.75, 3.05) is 7.11 Å². The summed E-state index contributed by atoms with van der Waals surface area (Å²) in [5.74, 6) is -0.333. The number of carbonyl (C=O) groups is 3. The molecule has 5 nitrogen and oxygen atoms in total. The van der Waals surface area contributed by atoms with E-state index in [1.165, 1.54) is 7.11 Å². The number of Topliss-reactive ketones (excluding diaryl/α,β-unsaturated/α-hetero) is 1. The predicted octanol–water partition coefficient (Wildman–Crippen LogP) is 3.03. The lowest BCUT2D eigenvalue weighted by molar-refractivity contribution is -0.146. The predicted molar refractivity (Wildman–Crippen MR) is 93.3 cm³/mol. The number of esters is 1. The fourth-order valence-corrected chi connectivity index (χ4v) is 3.22. The zero-order chi connectivity index (χ0) is 18.1. The summed E-state index contributed by atoms with van der Waals surface area (Å²) in [4.78, 5) is 36.3. The highest BCUT2D eigenvalue weighted by molar-refractivity contribution is 5.87. The first-order chi connectivity index (χ1) is 11.4. The lowest BCUT2D eigenvalue weighted by atomic mass is 9.89. The second-order valence-electron chi connectivity index (χ2n) is 6.64. The normalized spacial score (nSPS) is 23.2. The van der Waals surface area contributed by atoms with Crippen molar-refractivity contribution in [3.63, 3.8) is 0 Å². The van der Waals surface area contributed by atoms with Gasteiger partial charge in [-0.3, -0.25) is 9.59 Å². The van der Waals surface area contributed by atoms with Gasteiger partial charge >= 0.3 is 5.97 Å². The lowest BCUT2D eigenvalue weighted by Crippen LogP contribution is -2.46. The standard InChI is InChI=1S/C19H31NO4/c1-5-7-8-9-15-14(10-11-16(15)21)12-17(22)20-18(13(3)6-2)19(23)24-4/h7-8,13-15,18H,5-6,9-12H2,1-4H3,(H,20,22)/b8-7-/t13-,14+,15-,18-/m0/s1. The molecule has 1 rings (SSSR count). The summed E-state index contributed by atoms with van der Waals surface area (Å²) >= 11 is 0. The van der Waals surface area contributed by atoms with Gasteiger partial charge in [0.15, 0.2) is 0 Å². The largest absolute Gasteiger partial charge is 0.467 e. The molecule has 4 atom stereocenters. The number of methoxy groups -OCH3 is 1. The number of amides is 1. The van der Waals surface area contributed by atoms with E-state index in [0.717, 1.165) is 19.3 Å². The highest BCUT2D eigenvalue weighted by Crippen LogP contribution is 2.34. The first-order valence-electron chi connectivity index (χ1n) is 8.99. The zero-order valence-electron chi connectivity index (χ0n) is 15.3. The Morgan fingerprint density at radius 3 is 2.62 bits per heavy atom. The quantitative estimate of drug-likeness (QED) is 0.518. The van der Waals surface area contributed by atoms with Crippen LogP contribution in [-0.2, 0) is 19.1 Å². The van der Waals surface area contributed by atoms with Crippen LogP contribution in [0.5, 0.6) is 0 Å². The summed E-state index contributed by atoms with van der Waals surface area (Å²) in [6.45, 7) is 5.94. The van der Waals surface area contributed by atoms with Gasteiger partial charge in [0.1, 0.15) is 11.8 Å². The summed E-state index contributed by atoms with van der Waals surface area (Å²) in [6.07, 6.45) is 8.11. The summed E-state index contributed by atoms with van der Waals surface area (Å²) in [5, 5.41) is 2.81. The molecule has 136 valence electrons. The van der Waals surface area contributed by atoms with Gasteiger partial charge in [0.25, 0.3) is 0 Å². The summed E-state index contributed by atoms with van der Waals surface area (Å²) in [7, 11) is 1.33. The van der Waals surface area contributed by atoms with Crippen LogP contribution >= 0.6 is 0 Å². The molecule has 0 spiro atoms. The van der Waals surface area contributed by atoms with Gasteiger partial charge in [0.05, 0.1) is 7.11 Å². The fourth-order valence-electron chi connectivity index (χ4n) is 3.22. The Morgan fingerprint density at radius 2 is 2.04 bits per heavy atom. The Kier molecular flexibility index (Phi) is 8.72. The molecule has 0 aromatic heterocycles. The summed E-state index contributed by atoms with van der Waals surface area (Å²) in [6, 6.07) is -0.622. The monoisotopic (exact) mass is 337 g/mol. The number of allylic oxidation sites excluding steroid dienone is 2. The molecule has 0 heterocycles. The van der Waals surface area contributed by atoms with Crippen LogP contribution in [0.3, 0.4) is 0 Å². The maximum Gasteiger partial charge on any atom is 0.328 e. The van der Waals surface area contributed by atoms with Crippen molar-refractivity contribution in [3.05, 3.63) is 12.2 Å². The SMILES string of the molecule is CC/C=C\C[C@@H]1C(=O)CC[C@@H]1CC(=O)N[C@H](C(=O)OC)[C@@H](C)CC. The van der Waals surface area contributed by atoms with Crippen molar-refractivity contribution < 1.29 is 19.1 Å². The van der Waals surface area contributed by atoms with Crippen LogP contribution in [0.4, 0.5) is 0 Å². The van der Waals surface area contributed by atoms with Crippen molar-refractivity contribution in [2.45, 2.75) is 65.3 Å². The van der Waals surface area contributed by atoms with Crippen LogP contribution in [0.15, 0.2) is 12.2 Å². The van der Waals surface area contributed by atoms with E-state index in [2.05, 4.69) is 18.3 Å². The summed E-state index contributed by atoms with van der Waals surface area (Å²) in [5.41, 5.74) is 0. The first kappa shape index (κ1) is 20.4. The van der Waals surface area contributed by atoms with Gasteiger partial charge in [0.2, 0.25) is 5.91 Å². The second kappa shape index (κ2) is 10.3. The van der Waals surface area contributed by atoms with Crippen molar-refractivity contribution in [2.24, 2.45) is 17.8 Å². The Balaban J connectivity index is 2.65. The van der Waals surface area contributed by atoms with E-state index >= 15 is 0 Å². The average Bonchev–Trinajstić information content (AvgIpc) is 2.91. The number of ether oxygens (including phenoxy) is 1. The second-order valence-corrected chi connectivity index (χ2v) is 6.64. The topological polar surface area (TPSA) is 72.5 Å². The molecular formula is C19H31NO4. The van der Waals surface area contributed by atoms with Crippen LogP contribution < -0.4 is 5.32 Å². The van der Waals surface area contributed by atoms with E-state index in [9.17, 15) is 14.4 Å². The van der Waals surface area contributed by atoms with E-state index < -0.39 is 12.0 Å². The minimum atomic E-state index is -0.622. The molecule has 1 saturated carbocycles. The fraction of sp³-hybridized carbons (Fsp3) is 0.737. The third-order valence-electron chi connectivity index (χ3n) is 4.97. The minimum Gasteiger partial charge on any atom is -0.467 e. The molecule has 0 aromatic carbocycles. The molecule has 0 aromatic rings. The molecular weight excluding hydrogens is 306 g/mol. The molecule has 0 aliphatic heterocycles. The third-order valence-corrected chi connectivity index (χ3v) is 4.97. The van der Waals surface area contributed by atoms with Crippen molar-refractivity contribution in [3.8, 4) is 0 Å². The molecule has 1 fully saturated rings.